The fourth-order valence-corrected chi connectivity index (χ4v) is 5.04. The highest BCUT2D eigenvalue weighted by molar-refractivity contribution is 7.21. The number of urea groups is 1. The van der Waals surface area contributed by atoms with E-state index in [1.807, 2.05) is 31.2 Å². The molecule has 0 bridgehead atoms. The van der Waals surface area contributed by atoms with Crippen molar-refractivity contribution in [2.45, 2.75) is 19.4 Å². The fraction of sp³-hybridized carbons (Fsp3) is 0.227. The van der Waals surface area contributed by atoms with Crippen molar-refractivity contribution in [3.05, 3.63) is 58.5 Å². The maximum atomic E-state index is 13.2. The Bertz CT molecular complexity index is 1230. The molecule has 2 aliphatic rings. The first kappa shape index (κ1) is 18.6. The number of benzene rings is 2. The molecule has 152 valence electrons. The lowest BCUT2D eigenvalue weighted by molar-refractivity contribution is -0.130. The second kappa shape index (κ2) is 6.56. The van der Waals surface area contributed by atoms with Crippen LogP contribution >= 0.6 is 11.3 Å². The van der Waals surface area contributed by atoms with E-state index in [2.05, 4.69) is 5.32 Å². The molecule has 30 heavy (non-hydrogen) atoms. The molecule has 8 heteroatoms. The summed E-state index contributed by atoms with van der Waals surface area (Å²) in [4.78, 5) is 40.3. The second-order valence-corrected chi connectivity index (χ2v) is 8.54. The largest absolute Gasteiger partial charge is 0.454 e. The Kier molecular flexibility index (Phi) is 4.08. The number of carbonyl (C=O) groups is 3. The highest BCUT2D eigenvalue weighted by atomic mass is 32.1. The molecular formula is C22H18N2O5S. The molecule has 1 N–H and O–H groups in total. The van der Waals surface area contributed by atoms with E-state index in [1.54, 1.807) is 25.1 Å². The van der Waals surface area contributed by atoms with Crippen LogP contribution in [0.1, 0.15) is 27.7 Å². The summed E-state index contributed by atoms with van der Waals surface area (Å²) in [6.45, 7) is 3.32. The summed E-state index contributed by atoms with van der Waals surface area (Å²) < 4.78 is 11.7. The number of nitrogens with one attached hydrogen (secondary N) is 1. The Hall–Kier alpha value is -3.39. The van der Waals surface area contributed by atoms with Gasteiger partial charge in [0.15, 0.2) is 17.3 Å². The molecule has 3 aromatic rings. The number of ether oxygens (including phenoxy) is 2. The van der Waals surface area contributed by atoms with E-state index >= 15 is 0 Å². The minimum absolute atomic E-state index is 0.116. The highest BCUT2D eigenvalue weighted by Crippen LogP contribution is 2.38. The number of hydrogen-bond acceptors (Lipinski definition) is 6. The van der Waals surface area contributed by atoms with Gasteiger partial charge in [0.1, 0.15) is 5.54 Å². The molecule has 2 aromatic carbocycles. The maximum Gasteiger partial charge on any atom is 0.325 e. The van der Waals surface area contributed by atoms with Crippen LogP contribution in [0.2, 0.25) is 0 Å². The van der Waals surface area contributed by atoms with Crippen LogP contribution in [0.25, 0.3) is 10.1 Å². The predicted octanol–water partition coefficient (Wildman–Crippen LogP) is 3.59. The number of ketones is 1. The zero-order valence-corrected chi connectivity index (χ0v) is 17.2. The van der Waals surface area contributed by atoms with Gasteiger partial charge in [0.25, 0.3) is 5.91 Å². The lowest BCUT2D eigenvalue weighted by Gasteiger charge is -2.22. The summed E-state index contributed by atoms with van der Waals surface area (Å²) in [5.74, 6) is 0.378. The first-order valence-electron chi connectivity index (χ1n) is 9.44. The van der Waals surface area contributed by atoms with Crippen molar-refractivity contribution >= 4 is 39.1 Å². The van der Waals surface area contributed by atoms with Gasteiger partial charge in [-0.1, -0.05) is 24.3 Å². The van der Waals surface area contributed by atoms with Gasteiger partial charge >= 0.3 is 6.03 Å². The van der Waals surface area contributed by atoms with Crippen molar-refractivity contribution in [3.63, 3.8) is 0 Å². The predicted molar refractivity (Wildman–Crippen MR) is 111 cm³/mol. The van der Waals surface area contributed by atoms with Crippen molar-refractivity contribution in [2.24, 2.45) is 0 Å². The van der Waals surface area contributed by atoms with Crippen molar-refractivity contribution in [1.29, 1.82) is 0 Å². The van der Waals surface area contributed by atoms with E-state index < -0.39 is 17.5 Å². The molecule has 0 saturated carbocycles. The summed E-state index contributed by atoms with van der Waals surface area (Å²) in [6.07, 6.45) is 0. The van der Waals surface area contributed by atoms with E-state index in [4.69, 9.17) is 9.47 Å². The normalized spacial score (nSPS) is 20.1. The van der Waals surface area contributed by atoms with Crippen molar-refractivity contribution < 1.29 is 23.9 Å². The van der Waals surface area contributed by atoms with Gasteiger partial charge in [-0.2, -0.15) is 0 Å². The number of nitrogens with zero attached hydrogens (tertiary/aromatic N) is 1. The lowest BCUT2D eigenvalue weighted by atomic mass is 9.91. The van der Waals surface area contributed by atoms with Crippen LogP contribution in [0, 0.1) is 6.92 Å². The van der Waals surface area contributed by atoms with E-state index in [0.29, 0.717) is 21.9 Å². The van der Waals surface area contributed by atoms with Gasteiger partial charge in [-0.05, 0) is 48.6 Å². The van der Waals surface area contributed by atoms with Gasteiger partial charge in [0.05, 0.1) is 11.4 Å². The van der Waals surface area contributed by atoms with Crippen LogP contribution in [-0.2, 0) is 10.3 Å². The lowest BCUT2D eigenvalue weighted by Crippen LogP contribution is -2.41. The van der Waals surface area contributed by atoms with Crippen LogP contribution in [0.3, 0.4) is 0 Å². The number of imide groups is 1. The number of fused-ring (bicyclic) bond motifs is 2. The number of aryl methyl sites for hydroxylation is 1. The number of carbonyl (C=O) groups excluding carboxylic acids is 3. The third-order valence-electron chi connectivity index (χ3n) is 5.62. The molecule has 3 heterocycles. The fourth-order valence-electron chi connectivity index (χ4n) is 3.90. The first-order valence-corrected chi connectivity index (χ1v) is 10.3. The van der Waals surface area contributed by atoms with Gasteiger partial charge in [-0.15, -0.1) is 11.3 Å². The van der Waals surface area contributed by atoms with Crippen LogP contribution in [0.5, 0.6) is 11.5 Å². The van der Waals surface area contributed by atoms with Crippen LogP contribution in [0.4, 0.5) is 4.79 Å². The molecule has 1 atom stereocenters. The van der Waals surface area contributed by atoms with Crippen molar-refractivity contribution in [2.75, 3.05) is 13.3 Å². The molecule has 0 radical (unpaired) electrons. The zero-order chi connectivity index (χ0) is 21.0. The van der Waals surface area contributed by atoms with Gasteiger partial charge in [0, 0.05) is 4.70 Å². The number of thiophene rings is 1. The monoisotopic (exact) mass is 422 g/mol. The number of hydrogen-bond donors (Lipinski definition) is 1. The van der Waals surface area contributed by atoms with E-state index in [-0.39, 0.29) is 19.1 Å². The minimum Gasteiger partial charge on any atom is -0.454 e. The molecule has 7 nitrogen and oxygen atoms in total. The molecule has 5 rings (SSSR count). The summed E-state index contributed by atoms with van der Waals surface area (Å²) >= 11 is 1.38. The first-order chi connectivity index (χ1) is 14.4. The summed E-state index contributed by atoms with van der Waals surface area (Å²) in [6, 6.07) is 12.3. The van der Waals surface area contributed by atoms with E-state index in [1.165, 1.54) is 11.3 Å². The molecule has 1 aromatic heterocycles. The Balaban J connectivity index is 1.43. The number of Topliss-reactive ketones (excluding diaryl/α,β-unsaturated/α-hetero) is 1. The summed E-state index contributed by atoms with van der Waals surface area (Å²) in [5.41, 5.74) is 0.150. The highest BCUT2D eigenvalue weighted by Gasteiger charge is 2.50. The molecule has 1 fully saturated rings. The van der Waals surface area contributed by atoms with Gasteiger partial charge < -0.3 is 14.8 Å². The number of rotatable bonds is 4. The average molecular weight is 422 g/mol. The Labute approximate surface area is 176 Å². The standard InChI is InChI=1S/C22H18N2O5S/c1-12-14-5-3-4-6-18(14)30-19(12)15(25)10-24-20(26)22(2,23-21(24)27)13-7-8-16-17(9-13)29-11-28-16/h3-9H,10-11H2,1-2H3,(H,23,27)/t22-/m1/s1. The molecule has 0 spiro atoms. The zero-order valence-electron chi connectivity index (χ0n) is 16.4. The molecule has 2 aliphatic heterocycles. The Morgan fingerprint density at radius 1 is 1.17 bits per heavy atom. The van der Waals surface area contributed by atoms with Crippen LogP contribution < -0.4 is 14.8 Å². The molecule has 1 saturated heterocycles. The maximum absolute atomic E-state index is 13.2. The molecular weight excluding hydrogens is 404 g/mol. The van der Waals surface area contributed by atoms with Gasteiger partial charge in [-0.3, -0.25) is 14.5 Å². The van der Waals surface area contributed by atoms with Gasteiger partial charge in [-0.25, -0.2) is 4.79 Å². The van der Waals surface area contributed by atoms with E-state index in [0.717, 1.165) is 20.5 Å². The average Bonchev–Trinajstić information content (AvgIpc) is 3.40. The minimum atomic E-state index is -1.28. The summed E-state index contributed by atoms with van der Waals surface area (Å²) in [7, 11) is 0. The third kappa shape index (κ3) is 2.68. The summed E-state index contributed by atoms with van der Waals surface area (Å²) in [5, 5.41) is 3.74. The van der Waals surface area contributed by atoms with Crippen molar-refractivity contribution in [3.8, 4) is 11.5 Å². The quantitative estimate of drug-likeness (QED) is 0.513. The van der Waals surface area contributed by atoms with Crippen molar-refractivity contribution in [1.82, 2.24) is 10.2 Å². The molecule has 3 amide bonds. The topological polar surface area (TPSA) is 84.9 Å². The number of amides is 3. The molecule has 0 aliphatic carbocycles. The second-order valence-electron chi connectivity index (χ2n) is 7.49. The Morgan fingerprint density at radius 2 is 1.93 bits per heavy atom. The molecule has 0 unspecified atom stereocenters. The van der Waals surface area contributed by atoms with E-state index in [9.17, 15) is 14.4 Å². The van der Waals surface area contributed by atoms with Crippen LogP contribution in [-0.4, -0.2) is 36.0 Å². The SMILES string of the molecule is Cc1c(C(=O)CN2C(=O)N[C@](C)(c3ccc4c(c3)OCO4)C2=O)sc2ccccc12. The van der Waals surface area contributed by atoms with Crippen LogP contribution in [0.15, 0.2) is 42.5 Å². The van der Waals surface area contributed by atoms with Gasteiger partial charge in [0.2, 0.25) is 6.79 Å². The third-order valence-corrected chi connectivity index (χ3v) is 6.94. The smallest absolute Gasteiger partial charge is 0.325 e. The Morgan fingerprint density at radius 3 is 2.73 bits per heavy atom.